The van der Waals surface area contributed by atoms with E-state index in [4.69, 9.17) is 0 Å². The first-order valence-corrected chi connectivity index (χ1v) is 13.2. The molecule has 0 radical (unpaired) electrons. The Hall–Kier alpha value is -2.32. The highest BCUT2D eigenvalue weighted by molar-refractivity contribution is 8.16. The number of benzene rings is 2. The summed E-state index contributed by atoms with van der Waals surface area (Å²) < 4.78 is 24.6. The number of anilines is 2. The van der Waals surface area contributed by atoms with Gasteiger partial charge in [0.2, 0.25) is 0 Å². The second kappa shape index (κ2) is 8.67. The highest BCUT2D eigenvalue weighted by Gasteiger charge is 2.49. The lowest BCUT2D eigenvalue weighted by Crippen LogP contribution is -2.38. The van der Waals surface area contributed by atoms with Gasteiger partial charge in [-0.05, 0) is 56.7 Å². The van der Waals surface area contributed by atoms with Crippen molar-refractivity contribution in [1.29, 1.82) is 0 Å². The van der Waals surface area contributed by atoms with Crippen molar-refractivity contribution in [2.24, 2.45) is 4.99 Å². The smallest absolute Gasteiger partial charge is 0.279 e. The predicted octanol–water partition coefficient (Wildman–Crippen LogP) is 3.76. The van der Waals surface area contributed by atoms with Gasteiger partial charge in [-0.3, -0.25) is 4.79 Å². The highest BCUT2D eigenvalue weighted by Crippen LogP contribution is 2.42. The molecule has 0 bridgehead atoms. The Bertz CT molecular complexity index is 1110. The van der Waals surface area contributed by atoms with Crippen molar-refractivity contribution in [1.82, 2.24) is 0 Å². The van der Waals surface area contributed by atoms with Crippen LogP contribution in [0.25, 0.3) is 0 Å². The Morgan fingerprint density at radius 1 is 1.13 bits per heavy atom. The number of hydrogen-bond acceptors (Lipinski definition) is 5. The van der Waals surface area contributed by atoms with E-state index in [-0.39, 0.29) is 28.7 Å². The minimum Gasteiger partial charge on any atom is -0.372 e. The minimum absolute atomic E-state index is 0.0838. The summed E-state index contributed by atoms with van der Waals surface area (Å²) in [6.45, 7) is 8.10. The van der Waals surface area contributed by atoms with E-state index in [0.29, 0.717) is 10.7 Å². The molecule has 0 unspecified atom stereocenters. The standard InChI is InChI=1S/C23H27N3O3S2/c1-4-25(5-2)18-11-12-19(16(3)13-18)26-20-14-31(28,29)15-21(20)30-23(26)24-22(27)17-9-7-6-8-10-17/h6-13,20-21H,4-5,14-15H2,1-3H3/t20-,21-/m0/s1. The number of sulfone groups is 1. The molecule has 2 heterocycles. The maximum Gasteiger partial charge on any atom is 0.279 e. The van der Waals surface area contributed by atoms with Gasteiger partial charge in [0.15, 0.2) is 15.0 Å². The van der Waals surface area contributed by atoms with Crippen LogP contribution in [-0.4, -0.2) is 55.4 Å². The number of amides is 1. The van der Waals surface area contributed by atoms with Crippen LogP contribution in [-0.2, 0) is 9.84 Å². The van der Waals surface area contributed by atoms with Crippen LogP contribution < -0.4 is 9.80 Å². The summed E-state index contributed by atoms with van der Waals surface area (Å²) in [4.78, 5) is 21.4. The number of carbonyl (C=O) groups is 1. The van der Waals surface area contributed by atoms with Crippen molar-refractivity contribution in [2.75, 3.05) is 34.4 Å². The molecule has 2 aromatic rings. The lowest BCUT2D eigenvalue weighted by atomic mass is 10.1. The number of aryl methyl sites for hydroxylation is 1. The van der Waals surface area contributed by atoms with Gasteiger partial charge in [-0.1, -0.05) is 30.0 Å². The molecule has 0 N–H and O–H groups in total. The summed E-state index contributed by atoms with van der Waals surface area (Å²) in [7, 11) is -3.10. The van der Waals surface area contributed by atoms with Crippen molar-refractivity contribution in [3.63, 3.8) is 0 Å². The van der Waals surface area contributed by atoms with E-state index in [1.807, 2.05) is 36.1 Å². The van der Waals surface area contributed by atoms with Gasteiger partial charge in [-0.2, -0.15) is 4.99 Å². The summed E-state index contributed by atoms with van der Waals surface area (Å²) in [5.74, 6) is -0.109. The topological polar surface area (TPSA) is 70.0 Å². The Balaban J connectivity index is 1.74. The molecule has 31 heavy (non-hydrogen) atoms. The maximum atomic E-state index is 12.8. The van der Waals surface area contributed by atoms with Crippen LogP contribution in [0.1, 0.15) is 29.8 Å². The van der Waals surface area contributed by atoms with E-state index in [1.54, 1.807) is 12.1 Å². The van der Waals surface area contributed by atoms with E-state index in [2.05, 4.69) is 35.9 Å². The third-order valence-electron chi connectivity index (χ3n) is 5.85. The van der Waals surface area contributed by atoms with Crippen LogP contribution in [0.2, 0.25) is 0 Å². The Labute approximate surface area is 188 Å². The first-order valence-electron chi connectivity index (χ1n) is 10.5. The molecule has 2 fully saturated rings. The van der Waals surface area contributed by atoms with Crippen molar-refractivity contribution in [3.05, 3.63) is 59.7 Å². The summed E-state index contributed by atoms with van der Waals surface area (Å²) in [6.07, 6.45) is 0. The van der Waals surface area contributed by atoms with Crippen LogP contribution >= 0.6 is 11.8 Å². The van der Waals surface area contributed by atoms with Crippen LogP contribution in [0.15, 0.2) is 53.5 Å². The zero-order chi connectivity index (χ0) is 22.2. The molecule has 0 saturated carbocycles. The van der Waals surface area contributed by atoms with Crippen molar-refractivity contribution in [2.45, 2.75) is 32.1 Å². The minimum atomic E-state index is -3.10. The number of hydrogen-bond donors (Lipinski definition) is 0. The van der Waals surface area contributed by atoms with Crippen LogP contribution in [0, 0.1) is 6.92 Å². The quantitative estimate of drug-likeness (QED) is 0.681. The molecule has 8 heteroatoms. The zero-order valence-electron chi connectivity index (χ0n) is 18.0. The number of aliphatic imine (C=N–C) groups is 1. The maximum absolute atomic E-state index is 12.8. The van der Waals surface area contributed by atoms with Gasteiger partial charge in [0.1, 0.15) is 0 Å². The summed E-state index contributed by atoms with van der Waals surface area (Å²) in [5, 5.41) is 0.464. The van der Waals surface area contributed by atoms with Gasteiger partial charge >= 0.3 is 0 Å². The Kier molecular flexibility index (Phi) is 6.12. The third-order valence-corrected chi connectivity index (χ3v) is 9.06. The van der Waals surface area contributed by atoms with E-state index in [0.717, 1.165) is 30.0 Å². The molecule has 2 aliphatic heterocycles. The number of amidine groups is 1. The lowest BCUT2D eigenvalue weighted by Gasteiger charge is -2.28. The average molecular weight is 458 g/mol. The van der Waals surface area contributed by atoms with Crippen LogP contribution in [0.5, 0.6) is 0 Å². The monoisotopic (exact) mass is 457 g/mol. The first kappa shape index (κ1) is 21.9. The number of nitrogens with zero attached hydrogens (tertiary/aromatic N) is 3. The second-order valence-electron chi connectivity index (χ2n) is 7.88. The van der Waals surface area contributed by atoms with Gasteiger partial charge < -0.3 is 9.80 Å². The molecular formula is C23H27N3O3S2. The summed E-state index contributed by atoms with van der Waals surface area (Å²) in [5.41, 5.74) is 3.60. The van der Waals surface area contributed by atoms with Crippen LogP contribution in [0.4, 0.5) is 11.4 Å². The third kappa shape index (κ3) is 4.36. The highest BCUT2D eigenvalue weighted by atomic mass is 32.2. The molecular weight excluding hydrogens is 430 g/mol. The fourth-order valence-electron chi connectivity index (χ4n) is 4.27. The van der Waals surface area contributed by atoms with E-state index < -0.39 is 9.84 Å². The second-order valence-corrected chi connectivity index (χ2v) is 11.2. The lowest BCUT2D eigenvalue weighted by molar-refractivity contribution is 0.100. The number of fused-ring (bicyclic) bond motifs is 1. The van der Waals surface area contributed by atoms with Gasteiger partial charge in [-0.25, -0.2) is 8.42 Å². The number of thioether (sulfide) groups is 1. The first-order chi connectivity index (χ1) is 14.8. The SMILES string of the molecule is CCN(CC)c1ccc(N2C(=NC(=O)c3ccccc3)S[C@H]3CS(=O)(=O)C[C@@H]32)c(C)c1. The molecule has 0 spiro atoms. The molecule has 164 valence electrons. The molecule has 4 rings (SSSR count). The number of carbonyl (C=O) groups excluding carboxylic acids is 1. The fraction of sp³-hybridized carbons (Fsp3) is 0.391. The molecule has 2 saturated heterocycles. The summed E-state index contributed by atoms with van der Waals surface area (Å²) >= 11 is 1.40. The predicted molar refractivity (Wildman–Crippen MR) is 129 cm³/mol. The normalized spacial score (nSPS) is 23.2. The summed E-state index contributed by atoms with van der Waals surface area (Å²) in [6, 6.07) is 15.0. The largest absolute Gasteiger partial charge is 0.372 e. The van der Waals surface area contributed by atoms with E-state index in [1.165, 1.54) is 11.8 Å². The molecule has 0 aliphatic carbocycles. The fourth-order valence-corrected chi connectivity index (χ4v) is 8.18. The van der Waals surface area contributed by atoms with Gasteiger partial charge in [0.25, 0.3) is 5.91 Å². The average Bonchev–Trinajstić information content (AvgIpc) is 3.21. The molecule has 0 aromatic heterocycles. The zero-order valence-corrected chi connectivity index (χ0v) is 19.6. The number of rotatable bonds is 5. The van der Waals surface area contributed by atoms with Gasteiger partial charge in [0, 0.05) is 35.3 Å². The van der Waals surface area contributed by atoms with Gasteiger partial charge in [0.05, 0.1) is 17.5 Å². The molecule has 1 amide bonds. The molecule has 2 aliphatic rings. The molecule has 2 atom stereocenters. The molecule has 6 nitrogen and oxygen atoms in total. The van der Waals surface area contributed by atoms with Crippen LogP contribution in [0.3, 0.4) is 0 Å². The van der Waals surface area contributed by atoms with Crippen molar-refractivity contribution >= 4 is 44.0 Å². The molecule has 2 aromatic carbocycles. The van der Waals surface area contributed by atoms with E-state index in [9.17, 15) is 13.2 Å². The van der Waals surface area contributed by atoms with Crippen molar-refractivity contribution in [3.8, 4) is 0 Å². The Morgan fingerprint density at radius 2 is 1.84 bits per heavy atom. The van der Waals surface area contributed by atoms with Crippen molar-refractivity contribution < 1.29 is 13.2 Å². The van der Waals surface area contributed by atoms with E-state index >= 15 is 0 Å². The Morgan fingerprint density at radius 3 is 2.48 bits per heavy atom. The van der Waals surface area contributed by atoms with Gasteiger partial charge in [-0.15, -0.1) is 0 Å².